The predicted molar refractivity (Wildman–Crippen MR) is 120 cm³/mol. The number of carbonyl (C=O) groups is 1. The summed E-state index contributed by atoms with van der Waals surface area (Å²) in [6.45, 7) is 5.13. The van der Waals surface area contributed by atoms with Crippen LogP contribution in [0, 0.1) is 13.8 Å². The first-order valence-corrected chi connectivity index (χ1v) is 10.5. The van der Waals surface area contributed by atoms with E-state index in [1.54, 1.807) is 13.2 Å². The molecule has 0 spiro atoms. The van der Waals surface area contributed by atoms with Gasteiger partial charge in [0.2, 0.25) is 5.95 Å². The maximum atomic E-state index is 13.0. The minimum absolute atomic E-state index is 0.107. The predicted octanol–water partition coefficient (Wildman–Crippen LogP) is 3.77. The van der Waals surface area contributed by atoms with Crippen LogP contribution in [0.1, 0.15) is 46.3 Å². The van der Waals surface area contributed by atoms with Crippen molar-refractivity contribution >= 4 is 11.9 Å². The largest absolute Gasteiger partial charge is 0.497 e. The molecule has 1 aliphatic rings. The van der Waals surface area contributed by atoms with E-state index >= 15 is 0 Å². The highest BCUT2D eigenvalue weighted by molar-refractivity contribution is 5.92. The Kier molecular flexibility index (Phi) is 5.84. The molecule has 4 rings (SSSR count). The zero-order chi connectivity index (χ0) is 22.0. The molecule has 7 heteroatoms. The quantitative estimate of drug-likeness (QED) is 0.694. The molecule has 2 N–H and O–H groups in total. The first-order valence-electron chi connectivity index (χ1n) is 10.5. The second-order valence-corrected chi connectivity index (χ2v) is 7.99. The number of benzene rings is 1. The van der Waals surface area contributed by atoms with E-state index in [0.29, 0.717) is 24.5 Å². The molecular formula is C24H27N5O2. The van der Waals surface area contributed by atoms with Crippen LogP contribution in [0.4, 0.5) is 5.95 Å². The van der Waals surface area contributed by atoms with Crippen molar-refractivity contribution in [2.24, 2.45) is 0 Å². The van der Waals surface area contributed by atoms with Crippen molar-refractivity contribution in [3.8, 4) is 16.9 Å². The highest BCUT2D eigenvalue weighted by Crippen LogP contribution is 2.30. The van der Waals surface area contributed by atoms with E-state index in [1.807, 2.05) is 30.9 Å². The molecule has 0 radical (unpaired) electrons. The molecule has 31 heavy (non-hydrogen) atoms. The number of pyridine rings is 1. The molecule has 1 aromatic carbocycles. The molecular weight excluding hydrogens is 390 g/mol. The van der Waals surface area contributed by atoms with E-state index in [9.17, 15) is 4.79 Å². The number of likely N-dealkylation sites (tertiary alicyclic amines) is 1. The minimum atomic E-state index is -0.107. The summed E-state index contributed by atoms with van der Waals surface area (Å²) in [7, 11) is 1.66. The molecule has 0 bridgehead atoms. The van der Waals surface area contributed by atoms with Gasteiger partial charge in [0.1, 0.15) is 11.4 Å². The number of carbonyl (C=O) groups excluding carboxylic acids is 1. The average Bonchev–Trinajstić information content (AvgIpc) is 2.77. The molecule has 1 aliphatic heterocycles. The fourth-order valence-electron chi connectivity index (χ4n) is 4.12. The molecule has 0 saturated carbocycles. The maximum absolute atomic E-state index is 13.0. The van der Waals surface area contributed by atoms with Gasteiger partial charge in [0.25, 0.3) is 5.91 Å². The zero-order valence-corrected chi connectivity index (χ0v) is 18.1. The van der Waals surface area contributed by atoms with Crippen molar-refractivity contribution in [1.29, 1.82) is 0 Å². The Hall–Kier alpha value is -3.48. The van der Waals surface area contributed by atoms with Crippen LogP contribution in [0.3, 0.4) is 0 Å². The Morgan fingerprint density at radius 1 is 1.03 bits per heavy atom. The summed E-state index contributed by atoms with van der Waals surface area (Å²) in [5.41, 5.74) is 11.0. The van der Waals surface area contributed by atoms with Gasteiger partial charge in [-0.2, -0.15) is 0 Å². The van der Waals surface area contributed by atoms with E-state index in [-0.39, 0.29) is 17.8 Å². The number of anilines is 1. The SMILES string of the molecule is COc1ccc(-c2cc(C)nc([C@@H]3CCCN(C(=O)c4cc(C)nc(N)n4)C3)c2)cc1. The van der Waals surface area contributed by atoms with Gasteiger partial charge in [-0.1, -0.05) is 12.1 Å². The summed E-state index contributed by atoms with van der Waals surface area (Å²) in [6, 6.07) is 13.9. The number of ether oxygens (including phenoxy) is 1. The first-order chi connectivity index (χ1) is 14.9. The molecule has 1 saturated heterocycles. The zero-order valence-electron chi connectivity index (χ0n) is 18.1. The Labute approximate surface area is 182 Å². The number of amides is 1. The Morgan fingerprint density at radius 3 is 2.48 bits per heavy atom. The standard InChI is InChI=1S/C24H27N5O2/c1-15-11-19(17-6-8-20(31-3)9-7-17)13-21(26-15)18-5-4-10-29(14-18)23(30)22-12-16(2)27-24(25)28-22/h6-9,11-13,18H,4-5,10,14H2,1-3H3,(H2,25,27,28)/t18-/m1/s1. The molecule has 160 valence electrons. The van der Waals surface area contributed by atoms with Crippen molar-refractivity contribution in [3.05, 3.63) is 65.2 Å². The number of nitrogen functional groups attached to an aromatic ring is 1. The second-order valence-electron chi connectivity index (χ2n) is 7.99. The highest BCUT2D eigenvalue weighted by atomic mass is 16.5. The maximum Gasteiger partial charge on any atom is 0.272 e. The number of piperidine rings is 1. The van der Waals surface area contributed by atoms with Crippen LogP contribution in [-0.4, -0.2) is 46.0 Å². The molecule has 7 nitrogen and oxygen atoms in total. The van der Waals surface area contributed by atoms with Crippen molar-refractivity contribution in [2.45, 2.75) is 32.6 Å². The third-order valence-electron chi connectivity index (χ3n) is 5.61. The summed E-state index contributed by atoms with van der Waals surface area (Å²) in [5.74, 6) is 1.03. The van der Waals surface area contributed by atoms with Gasteiger partial charge in [-0.25, -0.2) is 9.97 Å². The number of nitrogens with two attached hydrogens (primary N) is 1. The number of aryl methyl sites for hydroxylation is 2. The minimum Gasteiger partial charge on any atom is -0.497 e. The van der Waals surface area contributed by atoms with Crippen LogP contribution in [-0.2, 0) is 0 Å². The third-order valence-corrected chi connectivity index (χ3v) is 5.61. The normalized spacial score (nSPS) is 16.2. The lowest BCUT2D eigenvalue weighted by molar-refractivity contribution is 0.0699. The molecule has 2 aromatic heterocycles. The van der Waals surface area contributed by atoms with Gasteiger partial charge in [-0.05, 0) is 68.1 Å². The monoisotopic (exact) mass is 417 g/mol. The summed E-state index contributed by atoms with van der Waals surface area (Å²) >= 11 is 0. The molecule has 3 aromatic rings. The summed E-state index contributed by atoms with van der Waals surface area (Å²) in [5, 5.41) is 0. The Balaban J connectivity index is 1.57. The number of hydrogen-bond acceptors (Lipinski definition) is 6. The summed E-state index contributed by atoms with van der Waals surface area (Å²) in [6.07, 6.45) is 1.91. The number of nitrogens with zero attached hydrogens (tertiary/aromatic N) is 4. The van der Waals surface area contributed by atoms with Gasteiger partial charge >= 0.3 is 0 Å². The van der Waals surface area contributed by atoms with Crippen LogP contribution in [0.15, 0.2) is 42.5 Å². The molecule has 0 unspecified atom stereocenters. The molecule has 0 aliphatic carbocycles. The molecule has 1 amide bonds. The van der Waals surface area contributed by atoms with Gasteiger partial charge in [-0.3, -0.25) is 9.78 Å². The number of hydrogen-bond donors (Lipinski definition) is 1. The lowest BCUT2D eigenvalue weighted by Gasteiger charge is -2.32. The van der Waals surface area contributed by atoms with E-state index < -0.39 is 0 Å². The number of rotatable bonds is 4. The van der Waals surface area contributed by atoms with E-state index in [0.717, 1.165) is 41.1 Å². The number of methoxy groups -OCH3 is 1. The Bertz CT molecular complexity index is 1080. The summed E-state index contributed by atoms with van der Waals surface area (Å²) in [4.78, 5) is 27.9. The second kappa shape index (κ2) is 8.71. The smallest absolute Gasteiger partial charge is 0.272 e. The van der Waals surface area contributed by atoms with E-state index in [1.165, 1.54) is 0 Å². The van der Waals surface area contributed by atoms with Gasteiger partial charge in [-0.15, -0.1) is 0 Å². The lowest BCUT2D eigenvalue weighted by atomic mass is 9.92. The lowest BCUT2D eigenvalue weighted by Crippen LogP contribution is -2.39. The van der Waals surface area contributed by atoms with Gasteiger partial charge in [0, 0.05) is 36.1 Å². The molecule has 1 fully saturated rings. The van der Waals surface area contributed by atoms with Gasteiger partial charge in [0.05, 0.1) is 7.11 Å². The molecule has 1 atom stereocenters. The number of aromatic nitrogens is 3. The van der Waals surface area contributed by atoms with Crippen LogP contribution in [0.5, 0.6) is 5.75 Å². The van der Waals surface area contributed by atoms with Crippen LogP contribution in [0.2, 0.25) is 0 Å². The Morgan fingerprint density at radius 2 is 1.77 bits per heavy atom. The van der Waals surface area contributed by atoms with Crippen molar-refractivity contribution in [2.75, 3.05) is 25.9 Å². The third kappa shape index (κ3) is 4.66. The first kappa shape index (κ1) is 20.8. The highest BCUT2D eigenvalue weighted by Gasteiger charge is 2.27. The van der Waals surface area contributed by atoms with Gasteiger partial charge in [0.15, 0.2) is 0 Å². The molecule has 3 heterocycles. The van der Waals surface area contributed by atoms with E-state index in [2.05, 4.69) is 34.2 Å². The van der Waals surface area contributed by atoms with Gasteiger partial charge < -0.3 is 15.4 Å². The summed E-state index contributed by atoms with van der Waals surface area (Å²) < 4.78 is 5.27. The van der Waals surface area contributed by atoms with Crippen molar-refractivity contribution in [1.82, 2.24) is 19.9 Å². The van der Waals surface area contributed by atoms with Crippen LogP contribution >= 0.6 is 0 Å². The van der Waals surface area contributed by atoms with Crippen molar-refractivity contribution < 1.29 is 9.53 Å². The fraction of sp³-hybridized carbons (Fsp3) is 0.333. The topological polar surface area (TPSA) is 94.2 Å². The van der Waals surface area contributed by atoms with Crippen LogP contribution < -0.4 is 10.5 Å². The van der Waals surface area contributed by atoms with E-state index in [4.69, 9.17) is 15.5 Å². The average molecular weight is 418 g/mol. The van der Waals surface area contributed by atoms with Crippen molar-refractivity contribution in [3.63, 3.8) is 0 Å². The fourth-order valence-corrected chi connectivity index (χ4v) is 4.12. The van der Waals surface area contributed by atoms with Crippen LogP contribution in [0.25, 0.3) is 11.1 Å².